The molecule has 0 atom stereocenters. The lowest BCUT2D eigenvalue weighted by Crippen LogP contribution is -2.41. The summed E-state index contributed by atoms with van der Waals surface area (Å²) in [6.07, 6.45) is 3.17. The second-order valence-electron chi connectivity index (χ2n) is 3.71. The van der Waals surface area contributed by atoms with Crippen LogP contribution in [0.25, 0.3) is 0 Å². The van der Waals surface area contributed by atoms with Crippen molar-refractivity contribution in [1.29, 1.82) is 0 Å². The number of benzene rings is 1. The maximum Gasteiger partial charge on any atom is 0.491 e. The molecule has 1 aliphatic rings. The summed E-state index contributed by atoms with van der Waals surface area (Å²) < 4.78 is 5.19. The zero-order chi connectivity index (χ0) is 9.97. The Labute approximate surface area is 85.1 Å². The molecule has 1 aliphatic heterocycles. The molecule has 0 radical (unpaired) electrons. The maximum absolute atomic E-state index is 9.63. The quantitative estimate of drug-likeness (QED) is 0.702. The largest absolute Gasteiger partial charge is 0.491 e. The van der Waals surface area contributed by atoms with Gasteiger partial charge in [0.2, 0.25) is 0 Å². The highest BCUT2D eigenvalue weighted by molar-refractivity contribution is 6.60. The Bertz CT molecular complexity index is 325. The van der Waals surface area contributed by atoms with E-state index in [0.717, 1.165) is 24.7 Å². The lowest BCUT2D eigenvalue weighted by atomic mass is 9.72. The van der Waals surface area contributed by atoms with Crippen LogP contribution in [0.3, 0.4) is 0 Å². The van der Waals surface area contributed by atoms with Gasteiger partial charge in [-0.1, -0.05) is 31.5 Å². The van der Waals surface area contributed by atoms with Gasteiger partial charge < -0.3 is 9.68 Å². The van der Waals surface area contributed by atoms with Gasteiger partial charge in [0.25, 0.3) is 0 Å². The molecule has 1 N–H and O–H groups in total. The van der Waals surface area contributed by atoms with E-state index >= 15 is 0 Å². The summed E-state index contributed by atoms with van der Waals surface area (Å²) in [6, 6.07) is 6.11. The Balaban J connectivity index is 2.39. The molecule has 3 heteroatoms. The smallest absolute Gasteiger partial charge is 0.423 e. The lowest BCUT2D eigenvalue weighted by Gasteiger charge is -2.21. The summed E-state index contributed by atoms with van der Waals surface area (Å²) in [5, 5.41) is 9.63. The molecule has 0 unspecified atom stereocenters. The third-order valence-corrected chi connectivity index (χ3v) is 2.72. The van der Waals surface area contributed by atoms with E-state index < -0.39 is 7.12 Å². The highest BCUT2D eigenvalue weighted by Crippen LogP contribution is 2.14. The summed E-state index contributed by atoms with van der Waals surface area (Å²) in [7, 11) is -0.712. The summed E-state index contributed by atoms with van der Waals surface area (Å²) in [4.78, 5) is 0. The summed E-state index contributed by atoms with van der Waals surface area (Å²) in [6.45, 7) is 2.81. The standard InChI is InChI=1S/C11H15BO2/c1-2-4-9-5-3-6-11-10(9)7-8-14-12(11)13/h3,5-6,13H,2,4,7-8H2,1H3. The van der Waals surface area contributed by atoms with Crippen molar-refractivity contribution in [3.8, 4) is 0 Å². The molecule has 0 aliphatic carbocycles. The monoisotopic (exact) mass is 190 g/mol. The molecule has 0 aromatic heterocycles. The molecular weight excluding hydrogens is 175 g/mol. The van der Waals surface area contributed by atoms with Gasteiger partial charge in [-0.2, -0.15) is 0 Å². The number of hydrogen-bond donors (Lipinski definition) is 1. The van der Waals surface area contributed by atoms with Gasteiger partial charge >= 0.3 is 7.12 Å². The Morgan fingerprint density at radius 2 is 2.36 bits per heavy atom. The van der Waals surface area contributed by atoms with Crippen molar-refractivity contribution in [2.45, 2.75) is 26.2 Å². The van der Waals surface area contributed by atoms with Crippen LogP contribution in [-0.4, -0.2) is 18.7 Å². The van der Waals surface area contributed by atoms with Crippen LogP contribution in [0.4, 0.5) is 0 Å². The maximum atomic E-state index is 9.63. The van der Waals surface area contributed by atoms with Crippen LogP contribution < -0.4 is 5.46 Å². The molecule has 1 aromatic carbocycles. The highest BCUT2D eigenvalue weighted by atomic mass is 16.5. The Kier molecular flexibility index (Phi) is 2.89. The first kappa shape index (κ1) is 9.75. The molecule has 0 saturated heterocycles. The van der Waals surface area contributed by atoms with Crippen LogP contribution in [0.2, 0.25) is 0 Å². The van der Waals surface area contributed by atoms with Gasteiger partial charge in [-0.3, -0.25) is 0 Å². The van der Waals surface area contributed by atoms with Gasteiger partial charge in [0.15, 0.2) is 0 Å². The van der Waals surface area contributed by atoms with E-state index in [1.54, 1.807) is 0 Å². The normalized spacial score (nSPS) is 15.4. The molecule has 0 bridgehead atoms. The van der Waals surface area contributed by atoms with Crippen LogP contribution in [-0.2, 0) is 17.5 Å². The second kappa shape index (κ2) is 4.15. The minimum atomic E-state index is -0.712. The van der Waals surface area contributed by atoms with E-state index in [1.807, 2.05) is 12.1 Å². The third kappa shape index (κ3) is 1.70. The molecule has 2 nitrogen and oxygen atoms in total. The molecule has 0 spiro atoms. The van der Waals surface area contributed by atoms with Crippen LogP contribution in [0.5, 0.6) is 0 Å². The predicted octanol–water partition coefficient (Wildman–Crippen LogP) is 0.899. The van der Waals surface area contributed by atoms with E-state index in [1.165, 1.54) is 11.1 Å². The van der Waals surface area contributed by atoms with Crippen LogP contribution >= 0.6 is 0 Å². The fraction of sp³-hybridized carbons (Fsp3) is 0.455. The van der Waals surface area contributed by atoms with E-state index in [0.29, 0.717) is 6.61 Å². The van der Waals surface area contributed by atoms with Crippen molar-refractivity contribution in [1.82, 2.24) is 0 Å². The molecule has 1 aromatic rings. The van der Waals surface area contributed by atoms with Crippen molar-refractivity contribution in [3.63, 3.8) is 0 Å². The van der Waals surface area contributed by atoms with Crippen LogP contribution in [0.15, 0.2) is 18.2 Å². The zero-order valence-electron chi connectivity index (χ0n) is 8.49. The second-order valence-corrected chi connectivity index (χ2v) is 3.71. The minimum Gasteiger partial charge on any atom is -0.423 e. The van der Waals surface area contributed by atoms with Gasteiger partial charge in [-0.05, 0) is 29.4 Å². The van der Waals surface area contributed by atoms with E-state index in [9.17, 15) is 5.02 Å². The number of aryl methyl sites for hydroxylation is 1. The van der Waals surface area contributed by atoms with Crippen molar-refractivity contribution in [3.05, 3.63) is 29.3 Å². The topological polar surface area (TPSA) is 29.5 Å². The van der Waals surface area contributed by atoms with Crippen molar-refractivity contribution < 1.29 is 9.68 Å². The molecule has 2 rings (SSSR count). The Morgan fingerprint density at radius 3 is 3.14 bits per heavy atom. The summed E-state index contributed by atoms with van der Waals surface area (Å²) in [5.41, 5.74) is 3.63. The van der Waals surface area contributed by atoms with Gasteiger partial charge in [0.05, 0.1) is 0 Å². The highest BCUT2D eigenvalue weighted by Gasteiger charge is 2.25. The van der Waals surface area contributed by atoms with Gasteiger partial charge in [-0.15, -0.1) is 0 Å². The first-order valence-corrected chi connectivity index (χ1v) is 5.23. The number of hydrogen-bond acceptors (Lipinski definition) is 2. The molecule has 0 saturated carbocycles. The predicted molar refractivity (Wildman–Crippen MR) is 57.7 cm³/mol. The fourth-order valence-electron chi connectivity index (χ4n) is 2.06. The van der Waals surface area contributed by atoms with Crippen molar-refractivity contribution in [2.75, 3.05) is 6.61 Å². The minimum absolute atomic E-state index is 0.634. The first-order chi connectivity index (χ1) is 6.83. The molecule has 74 valence electrons. The zero-order valence-corrected chi connectivity index (χ0v) is 8.49. The summed E-state index contributed by atoms with van der Waals surface area (Å²) >= 11 is 0. The molecule has 14 heavy (non-hydrogen) atoms. The number of fused-ring (bicyclic) bond motifs is 1. The number of rotatable bonds is 2. The molecule has 0 fully saturated rings. The van der Waals surface area contributed by atoms with E-state index in [4.69, 9.17) is 4.65 Å². The lowest BCUT2D eigenvalue weighted by molar-refractivity contribution is 0.265. The Morgan fingerprint density at radius 1 is 1.50 bits per heavy atom. The fourth-order valence-corrected chi connectivity index (χ4v) is 2.06. The van der Waals surface area contributed by atoms with Crippen molar-refractivity contribution in [2.24, 2.45) is 0 Å². The molecular formula is C11H15BO2. The van der Waals surface area contributed by atoms with Crippen LogP contribution in [0.1, 0.15) is 24.5 Å². The average molecular weight is 190 g/mol. The first-order valence-electron chi connectivity index (χ1n) is 5.23. The SMILES string of the molecule is CCCc1cccc2c1CCOB2O. The van der Waals surface area contributed by atoms with E-state index in [-0.39, 0.29) is 0 Å². The van der Waals surface area contributed by atoms with Gasteiger partial charge in [0, 0.05) is 6.61 Å². The van der Waals surface area contributed by atoms with E-state index in [2.05, 4.69) is 13.0 Å². The molecule has 0 amide bonds. The van der Waals surface area contributed by atoms with Gasteiger partial charge in [-0.25, -0.2) is 0 Å². The Hall–Kier alpha value is -0.795. The molecule has 1 heterocycles. The summed E-state index contributed by atoms with van der Waals surface area (Å²) in [5.74, 6) is 0. The van der Waals surface area contributed by atoms with Crippen molar-refractivity contribution >= 4 is 12.6 Å². The average Bonchev–Trinajstić information content (AvgIpc) is 2.20. The third-order valence-electron chi connectivity index (χ3n) is 2.72. The van der Waals surface area contributed by atoms with Crippen LogP contribution in [0, 0.1) is 0 Å². The van der Waals surface area contributed by atoms with Gasteiger partial charge in [0.1, 0.15) is 0 Å².